The van der Waals surface area contributed by atoms with Crippen LogP contribution in [0.3, 0.4) is 0 Å². The van der Waals surface area contributed by atoms with Crippen molar-refractivity contribution < 1.29 is 14.3 Å². The number of nitrogens with two attached hydrogens (primary N) is 1. The Hall–Kier alpha value is -2.11. The fourth-order valence-electron chi connectivity index (χ4n) is 1.50. The van der Waals surface area contributed by atoms with Crippen molar-refractivity contribution in [2.75, 3.05) is 0 Å². The lowest BCUT2D eigenvalue weighted by Crippen LogP contribution is -2.36. The lowest BCUT2D eigenvalue weighted by molar-refractivity contribution is -0.118. The molecule has 6 nitrogen and oxygen atoms in total. The summed E-state index contributed by atoms with van der Waals surface area (Å²) in [7, 11) is 0. The van der Waals surface area contributed by atoms with Crippen LogP contribution in [0.25, 0.3) is 0 Å². The first-order valence-electron chi connectivity index (χ1n) is 5.95. The first-order chi connectivity index (χ1) is 8.78. The molecule has 1 aromatic rings. The summed E-state index contributed by atoms with van der Waals surface area (Å²) in [5.74, 6) is -0.502. The number of carbonyl (C=O) groups is 2. The van der Waals surface area contributed by atoms with Crippen LogP contribution in [0.2, 0.25) is 0 Å². The molecule has 1 aromatic heterocycles. The number of amides is 2. The van der Waals surface area contributed by atoms with E-state index >= 15 is 0 Å². The quantitative estimate of drug-likeness (QED) is 0.863. The Morgan fingerprint density at radius 2 is 1.95 bits per heavy atom. The van der Waals surface area contributed by atoms with Gasteiger partial charge in [0.2, 0.25) is 5.91 Å². The zero-order valence-corrected chi connectivity index (χ0v) is 11.3. The third-order valence-electron chi connectivity index (χ3n) is 2.20. The van der Waals surface area contributed by atoms with E-state index in [1.807, 2.05) is 0 Å². The van der Waals surface area contributed by atoms with Gasteiger partial charge in [0.1, 0.15) is 5.60 Å². The fraction of sp³-hybridized carbons (Fsp3) is 0.462. The molecule has 1 heterocycles. The van der Waals surface area contributed by atoms with Gasteiger partial charge in [-0.1, -0.05) is 0 Å². The molecule has 0 fully saturated rings. The average Bonchev–Trinajstić information content (AvgIpc) is 2.26. The van der Waals surface area contributed by atoms with E-state index < -0.39 is 23.6 Å². The van der Waals surface area contributed by atoms with Crippen LogP contribution in [-0.4, -0.2) is 22.6 Å². The molecule has 3 N–H and O–H groups in total. The molecular weight excluding hydrogens is 246 g/mol. The van der Waals surface area contributed by atoms with Gasteiger partial charge >= 0.3 is 6.09 Å². The Labute approximate surface area is 112 Å². The van der Waals surface area contributed by atoms with Crippen LogP contribution in [-0.2, 0) is 9.53 Å². The highest BCUT2D eigenvalue weighted by Gasteiger charge is 2.21. The van der Waals surface area contributed by atoms with Crippen molar-refractivity contribution in [2.45, 2.75) is 38.8 Å². The molecule has 1 rings (SSSR count). The first kappa shape index (κ1) is 14.9. The number of hydrogen-bond donors (Lipinski definition) is 2. The summed E-state index contributed by atoms with van der Waals surface area (Å²) >= 11 is 0. The molecule has 0 aliphatic heterocycles. The van der Waals surface area contributed by atoms with E-state index in [9.17, 15) is 9.59 Å². The van der Waals surface area contributed by atoms with E-state index in [0.717, 1.165) is 5.56 Å². The number of hydrogen-bond acceptors (Lipinski definition) is 4. The number of primary amides is 1. The van der Waals surface area contributed by atoms with Gasteiger partial charge in [-0.15, -0.1) is 0 Å². The molecule has 0 bridgehead atoms. The van der Waals surface area contributed by atoms with Crippen molar-refractivity contribution in [3.8, 4) is 0 Å². The van der Waals surface area contributed by atoms with Gasteiger partial charge in [0, 0.05) is 12.4 Å². The maximum absolute atomic E-state index is 11.7. The Morgan fingerprint density at radius 3 is 2.42 bits per heavy atom. The Morgan fingerprint density at radius 1 is 1.37 bits per heavy atom. The van der Waals surface area contributed by atoms with Crippen LogP contribution in [0.4, 0.5) is 4.79 Å². The maximum atomic E-state index is 11.7. The number of alkyl carbamates (subject to hydrolysis) is 1. The van der Waals surface area contributed by atoms with E-state index in [2.05, 4.69) is 10.3 Å². The number of pyridine rings is 1. The molecule has 0 radical (unpaired) electrons. The monoisotopic (exact) mass is 265 g/mol. The predicted octanol–water partition coefficient (Wildman–Crippen LogP) is 1.52. The average molecular weight is 265 g/mol. The number of carbonyl (C=O) groups excluding carboxylic acids is 2. The Balaban J connectivity index is 2.76. The zero-order valence-electron chi connectivity index (χ0n) is 11.3. The van der Waals surface area contributed by atoms with Crippen molar-refractivity contribution in [2.24, 2.45) is 5.73 Å². The van der Waals surface area contributed by atoms with Crippen LogP contribution < -0.4 is 11.1 Å². The lowest BCUT2D eigenvalue weighted by atomic mass is 10.1. The van der Waals surface area contributed by atoms with E-state index in [0.29, 0.717) is 0 Å². The summed E-state index contributed by atoms with van der Waals surface area (Å²) in [4.78, 5) is 26.7. The van der Waals surface area contributed by atoms with Crippen molar-refractivity contribution >= 4 is 12.0 Å². The minimum Gasteiger partial charge on any atom is -0.444 e. The molecule has 0 aliphatic rings. The molecule has 2 amide bonds. The highest BCUT2D eigenvalue weighted by atomic mass is 16.6. The molecule has 0 aromatic carbocycles. The SMILES string of the molecule is CC(C)(C)OC(=O)NC(CC(N)=O)c1ccncc1. The van der Waals surface area contributed by atoms with E-state index in [1.54, 1.807) is 45.3 Å². The molecule has 0 saturated heterocycles. The van der Waals surface area contributed by atoms with Gasteiger partial charge in [0.15, 0.2) is 0 Å². The number of nitrogens with zero attached hydrogens (tertiary/aromatic N) is 1. The van der Waals surface area contributed by atoms with Crippen molar-refractivity contribution in [1.82, 2.24) is 10.3 Å². The Kier molecular flexibility index (Phi) is 4.86. The fourth-order valence-corrected chi connectivity index (χ4v) is 1.50. The van der Waals surface area contributed by atoms with E-state index in [1.165, 1.54) is 0 Å². The largest absolute Gasteiger partial charge is 0.444 e. The molecule has 1 unspecified atom stereocenters. The van der Waals surface area contributed by atoms with Gasteiger partial charge in [-0.05, 0) is 38.5 Å². The molecule has 1 atom stereocenters. The van der Waals surface area contributed by atoms with Crippen LogP contribution in [0.15, 0.2) is 24.5 Å². The van der Waals surface area contributed by atoms with Gasteiger partial charge in [-0.25, -0.2) is 4.79 Å². The second-order valence-corrected chi connectivity index (χ2v) is 5.15. The molecule has 104 valence electrons. The number of nitrogens with one attached hydrogen (secondary N) is 1. The number of ether oxygens (including phenoxy) is 1. The molecule has 6 heteroatoms. The minimum absolute atomic E-state index is 0.00323. The minimum atomic E-state index is -0.598. The normalized spacial score (nSPS) is 12.6. The standard InChI is InChI=1S/C13H19N3O3/c1-13(2,3)19-12(18)16-10(8-11(14)17)9-4-6-15-7-5-9/h4-7,10H,8H2,1-3H3,(H2,14,17)(H,16,18). The van der Waals surface area contributed by atoms with Gasteiger partial charge < -0.3 is 15.8 Å². The van der Waals surface area contributed by atoms with Crippen LogP contribution >= 0.6 is 0 Å². The molecule has 19 heavy (non-hydrogen) atoms. The summed E-state index contributed by atoms with van der Waals surface area (Å²) in [6.45, 7) is 5.30. The van der Waals surface area contributed by atoms with Crippen molar-refractivity contribution in [3.05, 3.63) is 30.1 Å². The summed E-state index contributed by atoms with van der Waals surface area (Å²) < 4.78 is 5.15. The highest BCUT2D eigenvalue weighted by Crippen LogP contribution is 2.16. The summed E-state index contributed by atoms with van der Waals surface area (Å²) in [5.41, 5.74) is 5.34. The van der Waals surface area contributed by atoms with Gasteiger partial charge in [-0.2, -0.15) is 0 Å². The first-order valence-corrected chi connectivity index (χ1v) is 5.95. The highest BCUT2D eigenvalue weighted by molar-refractivity contribution is 5.76. The van der Waals surface area contributed by atoms with Gasteiger partial charge in [0.25, 0.3) is 0 Å². The van der Waals surface area contributed by atoms with Gasteiger partial charge in [0.05, 0.1) is 12.5 Å². The number of aromatic nitrogens is 1. The third-order valence-corrected chi connectivity index (χ3v) is 2.20. The lowest BCUT2D eigenvalue weighted by Gasteiger charge is -2.23. The summed E-state index contributed by atoms with van der Waals surface area (Å²) in [5, 5.41) is 2.63. The van der Waals surface area contributed by atoms with Crippen LogP contribution in [0.5, 0.6) is 0 Å². The van der Waals surface area contributed by atoms with Crippen LogP contribution in [0, 0.1) is 0 Å². The smallest absolute Gasteiger partial charge is 0.408 e. The molecule has 0 spiro atoms. The topological polar surface area (TPSA) is 94.3 Å². The summed E-state index contributed by atoms with van der Waals surface area (Å²) in [6.07, 6.45) is 2.58. The van der Waals surface area contributed by atoms with Crippen LogP contribution in [0.1, 0.15) is 38.8 Å². The molecular formula is C13H19N3O3. The maximum Gasteiger partial charge on any atom is 0.408 e. The second-order valence-electron chi connectivity index (χ2n) is 5.15. The molecule has 0 saturated carbocycles. The van der Waals surface area contributed by atoms with E-state index in [4.69, 9.17) is 10.5 Å². The predicted molar refractivity (Wildman–Crippen MR) is 70.2 cm³/mol. The van der Waals surface area contributed by atoms with Crippen molar-refractivity contribution in [3.63, 3.8) is 0 Å². The zero-order chi connectivity index (χ0) is 14.5. The Bertz CT molecular complexity index is 440. The van der Waals surface area contributed by atoms with E-state index in [-0.39, 0.29) is 6.42 Å². The van der Waals surface area contributed by atoms with Gasteiger partial charge in [-0.3, -0.25) is 9.78 Å². The molecule has 0 aliphatic carbocycles. The van der Waals surface area contributed by atoms with Crippen molar-refractivity contribution in [1.29, 1.82) is 0 Å². The second kappa shape index (κ2) is 6.17. The third kappa shape index (κ3) is 5.85. The summed E-state index contributed by atoms with van der Waals surface area (Å²) in [6, 6.07) is 2.91. The number of rotatable bonds is 4.